The molecule has 1 fully saturated rings. The molecule has 0 bridgehead atoms. The molecule has 1 amide bonds. The van der Waals surface area contributed by atoms with Crippen molar-refractivity contribution in [2.75, 3.05) is 18.0 Å². The van der Waals surface area contributed by atoms with Crippen LogP contribution in [0.5, 0.6) is 0 Å². The first-order chi connectivity index (χ1) is 13.6. The SMILES string of the molecule is Cc1cc(C)cc(C(=O)N[C@@H](c2ccccc2)c2nnc(N3CCCC3)o2)c1. The Bertz CT molecular complexity index is 941. The van der Waals surface area contributed by atoms with Crippen LogP contribution in [0.25, 0.3) is 0 Å². The van der Waals surface area contributed by atoms with Crippen molar-refractivity contribution < 1.29 is 9.21 Å². The Balaban J connectivity index is 1.63. The van der Waals surface area contributed by atoms with E-state index in [2.05, 4.69) is 20.4 Å². The van der Waals surface area contributed by atoms with Crippen LogP contribution in [0.3, 0.4) is 0 Å². The zero-order chi connectivity index (χ0) is 19.5. The van der Waals surface area contributed by atoms with Gasteiger partial charge in [-0.1, -0.05) is 52.6 Å². The zero-order valence-corrected chi connectivity index (χ0v) is 16.2. The van der Waals surface area contributed by atoms with E-state index < -0.39 is 6.04 Å². The molecule has 3 aromatic rings. The van der Waals surface area contributed by atoms with E-state index in [4.69, 9.17) is 4.42 Å². The van der Waals surface area contributed by atoms with Crippen LogP contribution in [0.2, 0.25) is 0 Å². The molecule has 1 N–H and O–H groups in total. The molecule has 1 aliphatic rings. The van der Waals surface area contributed by atoms with Gasteiger partial charge in [-0.25, -0.2) is 0 Å². The molecule has 1 aliphatic heterocycles. The Labute approximate surface area is 164 Å². The summed E-state index contributed by atoms with van der Waals surface area (Å²) in [5.74, 6) is 0.229. The second-order valence-electron chi connectivity index (χ2n) is 7.31. The molecule has 1 aromatic heterocycles. The number of hydrogen-bond donors (Lipinski definition) is 1. The molecule has 144 valence electrons. The van der Waals surface area contributed by atoms with Crippen LogP contribution in [0.1, 0.15) is 51.8 Å². The molecule has 6 nitrogen and oxygen atoms in total. The van der Waals surface area contributed by atoms with E-state index in [0.717, 1.165) is 42.6 Å². The summed E-state index contributed by atoms with van der Waals surface area (Å²) in [6.45, 7) is 5.82. The van der Waals surface area contributed by atoms with Gasteiger partial charge in [-0.05, 0) is 44.4 Å². The number of anilines is 1. The summed E-state index contributed by atoms with van der Waals surface area (Å²) in [5, 5.41) is 11.5. The second-order valence-corrected chi connectivity index (χ2v) is 7.31. The minimum Gasteiger partial charge on any atom is -0.405 e. The number of amides is 1. The molecule has 6 heteroatoms. The van der Waals surface area contributed by atoms with Crippen molar-refractivity contribution in [1.29, 1.82) is 0 Å². The van der Waals surface area contributed by atoms with Crippen molar-refractivity contribution in [1.82, 2.24) is 15.5 Å². The van der Waals surface area contributed by atoms with Gasteiger partial charge in [0.1, 0.15) is 6.04 Å². The molecular formula is C22H24N4O2. The van der Waals surface area contributed by atoms with Crippen molar-refractivity contribution in [2.45, 2.75) is 32.7 Å². The van der Waals surface area contributed by atoms with Gasteiger partial charge in [-0.3, -0.25) is 4.79 Å². The zero-order valence-electron chi connectivity index (χ0n) is 16.2. The molecule has 0 saturated carbocycles. The number of benzene rings is 2. The first-order valence-electron chi connectivity index (χ1n) is 9.62. The lowest BCUT2D eigenvalue weighted by atomic mass is 10.0. The average molecular weight is 376 g/mol. The molecule has 0 radical (unpaired) electrons. The summed E-state index contributed by atoms with van der Waals surface area (Å²) in [6.07, 6.45) is 2.26. The van der Waals surface area contributed by atoms with E-state index >= 15 is 0 Å². The maximum Gasteiger partial charge on any atom is 0.318 e. The van der Waals surface area contributed by atoms with E-state index in [1.165, 1.54) is 0 Å². The first kappa shape index (κ1) is 18.2. The Morgan fingerprint density at radius 1 is 1.04 bits per heavy atom. The summed E-state index contributed by atoms with van der Waals surface area (Å²) in [4.78, 5) is 15.0. The van der Waals surface area contributed by atoms with Crippen LogP contribution in [0.15, 0.2) is 52.9 Å². The highest BCUT2D eigenvalue weighted by molar-refractivity contribution is 5.95. The predicted molar refractivity (Wildman–Crippen MR) is 107 cm³/mol. The highest BCUT2D eigenvalue weighted by atomic mass is 16.4. The van der Waals surface area contributed by atoms with Crippen molar-refractivity contribution in [3.63, 3.8) is 0 Å². The van der Waals surface area contributed by atoms with E-state index in [-0.39, 0.29) is 5.91 Å². The van der Waals surface area contributed by atoms with Crippen molar-refractivity contribution in [3.05, 3.63) is 76.7 Å². The largest absolute Gasteiger partial charge is 0.405 e. The normalized spacial score (nSPS) is 14.9. The summed E-state index contributed by atoms with van der Waals surface area (Å²) in [5.41, 5.74) is 3.63. The van der Waals surface area contributed by atoms with Crippen molar-refractivity contribution in [3.8, 4) is 0 Å². The predicted octanol–water partition coefficient (Wildman–Crippen LogP) is 3.81. The quantitative estimate of drug-likeness (QED) is 0.733. The number of carbonyl (C=O) groups is 1. The molecule has 0 aliphatic carbocycles. The van der Waals surface area contributed by atoms with Crippen LogP contribution in [0, 0.1) is 13.8 Å². The maximum atomic E-state index is 13.0. The van der Waals surface area contributed by atoms with Gasteiger partial charge in [0.2, 0.25) is 5.89 Å². The Morgan fingerprint density at radius 2 is 1.71 bits per heavy atom. The maximum absolute atomic E-state index is 13.0. The van der Waals surface area contributed by atoms with Gasteiger partial charge in [0.15, 0.2) is 0 Å². The summed E-state index contributed by atoms with van der Waals surface area (Å²) in [7, 11) is 0. The second kappa shape index (κ2) is 7.84. The molecule has 2 heterocycles. The highest BCUT2D eigenvalue weighted by Crippen LogP contribution is 2.26. The monoisotopic (exact) mass is 376 g/mol. The van der Waals surface area contributed by atoms with Crippen LogP contribution >= 0.6 is 0 Å². The number of aromatic nitrogens is 2. The molecular weight excluding hydrogens is 352 g/mol. The Morgan fingerprint density at radius 3 is 2.39 bits per heavy atom. The molecule has 4 rings (SSSR count). The van der Waals surface area contributed by atoms with Crippen LogP contribution in [-0.2, 0) is 0 Å². The van der Waals surface area contributed by atoms with E-state index in [0.29, 0.717) is 17.5 Å². The Kier molecular flexibility index (Phi) is 5.10. The van der Waals surface area contributed by atoms with E-state index in [9.17, 15) is 4.79 Å². The number of aryl methyl sites for hydroxylation is 2. The van der Waals surface area contributed by atoms with Crippen LogP contribution in [0.4, 0.5) is 6.01 Å². The number of nitrogens with one attached hydrogen (secondary N) is 1. The Hall–Kier alpha value is -3.15. The minimum atomic E-state index is -0.502. The molecule has 0 spiro atoms. The number of nitrogens with zero attached hydrogens (tertiary/aromatic N) is 3. The molecule has 1 atom stereocenters. The van der Waals surface area contributed by atoms with Gasteiger partial charge in [0.05, 0.1) is 0 Å². The minimum absolute atomic E-state index is 0.165. The van der Waals surface area contributed by atoms with Gasteiger partial charge in [0, 0.05) is 18.7 Å². The third-order valence-electron chi connectivity index (χ3n) is 4.95. The fourth-order valence-electron chi connectivity index (χ4n) is 3.63. The first-order valence-corrected chi connectivity index (χ1v) is 9.62. The van der Waals surface area contributed by atoms with Gasteiger partial charge >= 0.3 is 6.01 Å². The lowest BCUT2D eigenvalue weighted by Gasteiger charge is -2.17. The van der Waals surface area contributed by atoms with Gasteiger partial charge in [-0.15, -0.1) is 5.10 Å². The van der Waals surface area contributed by atoms with E-state index in [1.54, 1.807) is 0 Å². The van der Waals surface area contributed by atoms with Gasteiger partial charge < -0.3 is 14.6 Å². The highest BCUT2D eigenvalue weighted by Gasteiger charge is 2.26. The topological polar surface area (TPSA) is 71.3 Å². The lowest BCUT2D eigenvalue weighted by molar-refractivity contribution is 0.0937. The molecule has 2 aromatic carbocycles. The van der Waals surface area contributed by atoms with Crippen LogP contribution < -0.4 is 10.2 Å². The smallest absolute Gasteiger partial charge is 0.318 e. The van der Waals surface area contributed by atoms with Gasteiger partial charge in [-0.2, -0.15) is 0 Å². The van der Waals surface area contributed by atoms with Crippen LogP contribution in [-0.4, -0.2) is 29.2 Å². The third kappa shape index (κ3) is 3.91. The summed E-state index contributed by atoms with van der Waals surface area (Å²) < 4.78 is 5.96. The number of rotatable bonds is 5. The van der Waals surface area contributed by atoms with E-state index in [1.807, 2.05) is 62.4 Å². The molecule has 28 heavy (non-hydrogen) atoms. The summed E-state index contributed by atoms with van der Waals surface area (Å²) in [6, 6.07) is 15.5. The molecule has 0 unspecified atom stereocenters. The van der Waals surface area contributed by atoms with Crippen molar-refractivity contribution >= 4 is 11.9 Å². The average Bonchev–Trinajstić information content (AvgIpc) is 3.37. The molecule has 1 saturated heterocycles. The fraction of sp³-hybridized carbons (Fsp3) is 0.318. The van der Waals surface area contributed by atoms with Gasteiger partial charge in [0.25, 0.3) is 5.91 Å². The summed E-state index contributed by atoms with van der Waals surface area (Å²) >= 11 is 0. The third-order valence-corrected chi connectivity index (χ3v) is 4.95. The number of hydrogen-bond acceptors (Lipinski definition) is 5. The fourth-order valence-corrected chi connectivity index (χ4v) is 3.63. The van der Waals surface area contributed by atoms with Crippen molar-refractivity contribution in [2.24, 2.45) is 0 Å². The standard InChI is InChI=1S/C22H24N4O2/c1-15-12-16(2)14-18(13-15)20(27)23-19(17-8-4-3-5-9-17)21-24-25-22(28-21)26-10-6-7-11-26/h3-5,8-9,12-14,19H,6-7,10-11H2,1-2H3,(H,23,27)/t19-/m0/s1. The number of carbonyl (C=O) groups excluding carboxylic acids is 1. The lowest BCUT2D eigenvalue weighted by Crippen LogP contribution is -2.29.